The van der Waals surface area contributed by atoms with Crippen LogP contribution < -0.4 is 10.6 Å². The summed E-state index contributed by atoms with van der Waals surface area (Å²) in [6.07, 6.45) is 2.35. The monoisotopic (exact) mass is 274 g/mol. The van der Waals surface area contributed by atoms with E-state index in [0.717, 1.165) is 0 Å². The van der Waals surface area contributed by atoms with E-state index in [1.165, 1.54) is 24.0 Å². The predicted octanol–water partition coefficient (Wildman–Crippen LogP) is 3.95. The zero-order valence-electron chi connectivity index (χ0n) is 13.9. The minimum atomic E-state index is 0.199. The maximum absolute atomic E-state index is 3.85. The molecule has 20 heavy (non-hydrogen) atoms. The van der Waals surface area contributed by atoms with Crippen LogP contribution in [0.15, 0.2) is 24.3 Å². The summed E-state index contributed by atoms with van der Waals surface area (Å²) in [5, 5.41) is 7.59. The largest absolute Gasteiger partial charge is 0.307 e. The minimum Gasteiger partial charge on any atom is -0.307 e. The zero-order chi connectivity index (χ0) is 15.0. The number of piperidine rings is 1. The standard InChI is InChI=1S/C18H30N2/c1-13-9-7-8-10-16(13)14(2)19-15-11-17(3,4)20-18(5,6)12-15/h7-10,14-15,19-20H,11-12H2,1-6H3. The molecule has 1 fully saturated rings. The van der Waals surface area contributed by atoms with Gasteiger partial charge in [0, 0.05) is 23.2 Å². The van der Waals surface area contributed by atoms with Crippen LogP contribution in [0, 0.1) is 6.92 Å². The molecule has 2 heteroatoms. The van der Waals surface area contributed by atoms with Crippen LogP contribution in [0.2, 0.25) is 0 Å². The fraction of sp³-hybridized carbons (Fsp3) is 0.667. The highest BCUT2D eigenvalue weighted by molar-refractivity contribution is 5.28. The molecule has 1 saturated heterocycles. The van der Waals surface area contributed by atoms with Gasteiger partial charge in [-0.3, -0.25) is 0 Å². The van der Waals surface area contributed by atoms with E-state index >= 15 is 0 Å². The summed E-state index contributed by atoms with van der Waals surface area (Å²) in [5.74, 6) is 0. The molecule has 0 bridgehead atoms. The van der Waals surface area contributed by atoms with Gasteiger partial charge in [-0.25, -0.2) is 0 Å². The molecule has 0 saturated carbocycles. The number of aryl methyl sites for hydroxylation is 1. The van der Waals surface area contributed by atoms with Crippen molar-refractivity contribution >= 4 is 0 Å². The Labute approximate surface area is 124 Å². The predicted molar refractivity (Wildman–Crippen MR) is 87.0 cm³/mol. The first-order valence-corrected chi connectivity index (χ1v) is 7.79. The molecule has 1 aromatic rings. The van der Waals surface area contributed by atoms with Crippen molar-refractivity contribution in [3.8, 4) is 0 Å². The van der Waals surface area contributed by atoms with E-state index in [9.17, 15) is 0 Å². The third kappa shape index (κ3) is 3.83. The first kappa shape index (κ1) is 15.5. The van der Waals surface area contributed by atoms with E-state index in [1.807, 2.05) is 0 Å². The van der Waals surface area contributed by atoms with Crippen LogP contribution in [0.1, 0.15) is 64.6 Å². The number of rotatable bonds is 3. The maximum atomic E-state index is 3.85. The van der Waals surface area contributed by atoms with Gasteiger partial charge in [-0.15, -0.1) is 0 Å². The second kappa shape index (κ2) is 5.50. The van der Waals surface area contributed by atoms with Crippen molar-refractivity contribution < 1.29 is 0 Å². The molecule has 1 unspecified atom stereocenters. The van der Waals surface area contributed by atoms with Crippen LogP contribution in [0.3, 0.4) is 0 Å². The molecule has 1 heterocycles. The molecular formula is C18H30N2. The van der Waals surface area contributed by atoms with Gasteiger partial charge < -0.3 is 10.6 Å². The van der Waals surface area contributed by atoms with E-state index in [2.05, 4.69) is 76.4 Å². The molecule has 112 valence electrons. The second-order valence-electron chi connectivity index (χ2n) is 7.74. The minimum absolute atomic E-state index is 0.199. The first-order chi connectivity index (χ1) is 9.19. The lowest BCUT2D eigenvalue weighted by Gasteiger charge is -2.47. The molecule has 0 aromatic heterocycles. The molecule has 2 rings (SSSR count). The molecule has 1 atom stereocenters. The average Bonchev–Trinajstić information content (AvgIpc) is 2.24. The van der Waals surface area contributed by atoms with Gasteiger partial charge in [-0.05, 0) is 65.5 Å². The Bertz CT molecular complexity index is 446. The molecule has 2 N–H and O–H groups in total. The lowest BCUT2D eigenvalue weighted by Crippen LogP contribution is -2.61. The molecule has 1 aliphatic heterocycles. The fourth-order valence-corrected chi connectivity index (χ4v) is 3.96. The van der Waals surface area contributed by atoms with Crippen molar-refractivity contribution in [1.82, 2.24) is 10.6 Å². The van der Waals surface area contributed by atoms with E-state index in [0.29, 0.717) is 12.1 Å². The van der Waals surface area contributed by atoms with E-state index < -0.39 is 0 Å². The Balaban J connectivity index is 2.08. The van der Waals surface area contributed by atoms with Gasteiger partial charge in [0.2, 0.25) is 0 Å². The first-order valence-electron chi connectivity index (χ1n) is 7.79. The summed E-state index contributed by atoms with van der Waals surface area (Å²) in [5.41, 5.74) is 3.19. The van der Waals surface area contributed by atoms with Crippen molar-refractivity contribution in [3.63, 3.8) is 0 Å². The molecule has 0 spiro atoms. The normalized spacial score (nSPS) is 23.5. The van der Waals surface area contributed by atoms with Crippen molar-refractivity contribution in [2.45, 2.75) is 77.5 Å². The molecule has 1 aromatic carbocycles. The summed E-state index contributed by atoms with van der Waals surface area (Å²) >= 11 is 0. The van der Waals surface area contributed by atoms with Gasteiger partial charge in [0.15, 0.2) is 0 Å². The average molecular weight is 274 g/mol. The third-order valence-corrected chi connectivity index (χ3v) is 4.33. The Morgan fingerprint density at radius 3 is 2.20 bits per heavy atom. The highest BCUT2D eigenvalue weighted by atomic mass is 15.1. The Morgan fingerprint density at radius 1 is 1.10 bits per heavy atom. The van der Waals surface area contributed by atoms with Crippen LogP contribution in [0.4, 0.5) is 0 Å². The van der Waals surface area contributed by atoms with Crippen LogP contribution in [-0.2, 0) is 0 Å². The highest BCUT2D eigenvalue weighted by Crippen LogP contribution is 2.30. The molecule has 1 aliphatic rings. The van der Waals surface area contributed by atoms with Gasteiger partial charge in [0.1, 0.15) is 0 Å². The fourth-order valence-electron chi connectivity index (χ4n) is 3.96. The van der Waals surface area contributed by atoms with Gasteiger partial charge in [-0.1, -0.05) is 24.3 Å². The van der Waals surface area contributed by atoms with Gasteiger partial charge >= 0.3 is 0 Å². The topological polar surface area (TPSA) is 24.1 Å². The summed E-state index contributed by atoms with van der Waals surface area (Å²) in [6.45, 7) is 13.7. The maximum Gasteiger partial charge on any atom is 0.0296 e. The molecule has 0 aliphatic carbocycles. The Morgan fingerprint density at radius 2 is 1.65 bits per heavy atom. The number of hydrogen-bond acceptors (Lipinski definition) is 2. The molecular weight excluding hydrogens is 244 g/mol. The lowest BCUT2D eigenvalue weighted by atomic mass is 9.79. The van der Waals surface area contributed by atoms with Gasteiger partial charge in [0.05, 0.1) is 0 Å². The zero-order valence-corrected chi connectivity index (χ0v) is 13.9. The van der Waals surface area contributed by atoms with Gasteiger partial charge in [-0.2, -0.15) is 0 Å². The quantitative estimate of drug-likeness (QED) is 0.872. The van der Waals surface area contributed by atoms with Gasteiger partial charge in [0.25, 0.3) is 0 Å². The van der Waals surface area contributed by atoms with Crippen LogP contribution in [-0.4, -0.2) is 17.1 Å². The third-order valence-electron chi connectivity index (χ3n) is 4.33. The number of benzene rings is 1. The number of nitrogens with one attached hydrogen (secondary N) is 2. The van der Waals surface area contributed by atoms with Crippen LogP contribution >= 0.6 is 0 Å². The summed E-state index contributed by atoms with van der Waals surface area (Å²) in [4.78, 5) is 0. The van der Waals surface area contributed by atoms with Crippen molar-refractivity contribution in [2.24, 2.45) is 0 Å². The van der Waals surface area contributed by atoms with Crippen molar-refractivity contribution in [1.29, 1.82) is 0 Å². The van der Waals surface area contributed by atoms with Crippen LogP contribution in [0.25, 0.3) is 0 Å². The molecule has 0 amide bonds. The summed E-state index contributed by atoms with van der Waals surface area (Å²) in [7, 11) is 0. The highest BCUT2D eigenvalue weighted by Gasteiger charge is 2.37. The van der Waals surface area contributed by atoms with Crippen LogP contribution in [0.5, 0.6) is 0 Å². The summed E-state index contributed by atoms with van der Waals surface area (Å²) < 4.78 is 0. The Hall–Kier alpha value is -0.860. The molecule has 0 radical (unpaired) electrons. The summed E-state index contributed by atoms with van der Waals surface area (Å²) in [6, 6.07) is 9.66. The Kier molecular flexibility index (Phi) is 4.27. The van der Waals surface area contributed by atoms with E-state index in [4.69, 9.17) is 0 Å². The van der Waals surface area contributed by atoms with Crippen molar-refractivity contribution in [2.75, 3.05) is 0 Å². The SMILES string of the molecule is Cc1ccccc1C(C)NC1CC(C)(C)NC(C)(C)C1. The smallest absolute Gasteiger partial charge is 0.0296 e. The van der Waals surface area contributed by atoms with Crippen molar-refractivity contribution in [3.05, 3.63) is 35.4 Å². The number of hydrogen-bond donors (Lipinski definition) is 2. The second-order valence-corrected chi connectivity index (χ2v) is 7.74. The van der Waals surface area contributed by atoms with E-state index in [-0.39, 0.29) is 11.1 Å². The molecule has 2 nitrogen and oxygen atoms in total. The van der Waals surface area contributed by atoms with E-state index in [1.54, 1.807) is 0 Å². The lowest BCUT2D eigenvalue weighted by molar-refractivity contribution is 0.141.